The van der Waals surface area contributed by atoms with Gasteiger partial charge in [-0.05, 0) is 44.9 Å². The molecular weight excluding hydrogens is 815 g/mol. The van der Waals surface area contributed by atoms with Crippen molar-refractivity contribution in [1.82, 2.24) is 5.32 Å². The molecule has 0 aromatic rings. The van der Waals surface area contributed by atoms with Crippen LogP contribution >= 0.6 is 0 Å². The molecular formula is C60H115NO5. The molecule has 0 aliphatic heterocycles. The van der Waals surface area contributed by atoms with Crippen LogP contribution < -0.4 is 5.32 Å². The van der Waals surface area contributed by atoms with Crippen molar-refractivity contribution >= 4 is 11.9 Å². The van der Waals surface area contributed by atoms with Crippen molar-refractivity contribution in [1.29, 1.82) is 0 Å². The fourth-order valence-corrected chi connectivity index (χ4v) is 9.24. The van der Waals surface area contributed by atoms with E-state index in [-0.39, 0.29) is 18.5 Å². The summed E-state index contributed by atoms with van der Waals surface area (Å²) in [5.74, 6) is -0.0711. The van der Waals surface area contributed by atoms with Gasteiger partial charge in [0, 0.05) is 12.8 Å². The first kappa shape index (κ1) is 64.3. The molecule has 0 aromatic carbocycles. The fourth-order valence-electron chi connectivity index (χ4n) is 9.24. The molecule has 2 atom stereocenters. The van der Waals surface area contributed by atoms with Gasteiger partial charge in [-0.15, -0.1) is 0 Å². The molecule has 0 aliphatic carbocycles. The Kier molecular flexibility index (Phi) is 54.5. The summed E-state index contributed by atoms with van der Waals surface area (Å²) in [6.45, 7) is 4.86. The van der Waals surface area contributed by atoms with Crippen molar-refractivity contribution in [2.75, 3.05) is 13.2 Å². The molecule has 2 unspecified atom stereocenters. The Balaban J connectivity index is 3.44. The van der Waals surface area contributed by atoms with Crippen molar-refractivity contribution in [2.24, 2.45) is 0 Å². The fraction of sp³-hybridized carbons (Fsp3) is 0.900. The van der Waals surface area contributed by atoms with E-state index in [4.69, 9.17) is 4.74 Å². The van der Waals surface area contributed by atoms with Gasteiger partial charge in [-0.2, -0.15) is 0 Å². The zero-order valence-electron chi connectivity index (χ0n) is 44.4. The lowest BCUT2D eigenvalue weighted by atomic mass is 10.0. The van der Waals surface area contributed by atoms with Crippen LogP contribution in [0.3, 0.4) is 0 Å². The topological polar surface area (TPSA) is 95.9 Å². The smallest absolute Gasteiger partial charge is 0.305 e. The van der Waals surface area contributed by atoms with Gasteiger partial charge in [0.25, 0.3) is 0 Å². The number of unbranched alkanes of at least 4 members (excludes halogenated alkanes) is 40. The van der Waals surface area contributed by atoms with Gasteiger partial charge in [0.2, 0.25) is 5.91 Å². The number of hydrogen-bond acceptors (Lipinski definition) is 5. The predicted octanol–water partition coefficient (Wildman–Crippen LogP) is 18.2. The Morgan fingerprint density at radius 1 is 0.424 bits per heavy atom. The van der Waals surface area contributed by atoms with E-state index in [2.05, 4.69) is 43.5 Å². The molecule has 0 heterocycles. The number of allylic oxidation sites excluding steroid dienone is 3. The normalized spacial score (nSPS) is 12.7. The first-order valence-corrected chi connectivity index (χ1v) is 29.6. The van der Waals surface area contributed by atoms with Gasteiger partial charge in [0.05, 0.1) is 25.4 Å². The molecule has 0 saturated carbocycles. The van der Waals surface area contributed by atoms with Crippen molar-refractivity contribution in [3.05, 3.63) is 24.3 Å². The standard InChI is InChI=1S/C60H115NO5/c1-3-5-7-9-11-13-15-17-28-32-36-40-44-48-52-58(63)57(56-62)61-59(64)53-49-45-41-37-33-29-26-24-22-20-19-21-23-25-27-31-35-39-43-47-51-55-66-60(65)54-50-46-42-38-34-30-18-16-14-12-10-8-6-4-2/h31,35,43,47,57-58,62-63H,3-30,32-34,36-42,44-46,48-56H2,1-2H3,(H,61,64)/b35-31-,47-43-. The average molecular weight is 931 g/mol. The lowest BCUT2D eigenvalue weighted by molar-refractivity contribution is -0.143. The Hall–Kier alpha value is -1.66. The van der Waals surface area contributed by atoms with E-state index in [1.165, 1.54) is 238 Å². The molecule has 0 aliphatic rings. The van der Waals surface area contributed by atoms with Crippen LogP contribution in [0.5, 0.6) is 0 Å². The van der Waals surface area contributed by atoms with E-state index in [0.29, 0.717) is 25.9 Å². The summed E-state index contributed by atoms with van der Waals surface area (Å²) in [5.41, 5.74) is 0. The third-order valence-electron chi connectivity index (χ3n) is 13.8. The van der Waals surface area contributed by atoms with E-state index >= 15 is 0 Å². The molecule has 6 nitrogen and oxygen atoms in total. The highest BCUT2D eigenvalue weighted by Crippen LogP contribution is 2.17. The highest BCUT2D eigenvalue weighted by atomic mass is 16.5. The number of ether oxygens (including phenoxy) is 1. The predicted molar refractivity (Wildman–Crippen MR) is 287 cm³/mol. The Labute approximate surface area is 411 Å². The summed E-state index contributed by atoms with van der Waals surface area (Å²) >= 11 is 0. The first-order valence-electron chi connectivity index (χ1n) is 29.6. The van der Waals surface area contributed by atoms with Crippen LogP contribution in [0.1, 0.15) is 322 Å². The second-order valence-electron chi connectivity index (χ2n) is 20.3. The highest BCUT2D eigenvalue weighted by molar-refractivity contribution is 5.76. The van der Waals surface area contributed by atoms with Crippen LogP contribution in [0.2, 0.25) is 0 Å². The lowest BCUT2D eigenvalue weighted by Gasteiger charge is -2.22. The number of hydrogen-bond donors (Lipinski definition) is 3. The summed E-state index contributed by atoms with van der Waals surface area (Å²) in [4.78, 5) is 24.5. The molecule has 0 spiro atoms. The van der Waals surface area contributed by atoms with E-state index in [1.807, 2.05) is 0 Å². The molecule has 390 valence electrons. The molecule has 1 amide bonds. The minimum absolute atomic E-state index is 0.0327. The van der Waals surface area contributed by atoms with E-state index in [9.17, 15) is 19.8 Å². The van der Waals surface area contributed by atoms with Crippen molar-refractivity contribution in [3.63, 3.8) is 0 Å². The minimum atomic E-state index is -0.667. The van der Waals surface area contributed by atoms with Crippen LogP contribution in [0, 0.1) is 0 Å². The van der Waals surface area contributed by atoms with E-state index < -0.39 is 12.1 Å². The van der Waals surface area contributed by atoms with Gasteiger partial charge in [-0.1, -0.05) is 289 Å². The second-order valence-corrected chi connectivity index (χ2v) is 20.3. The van der Waals surface area contributed by atoms with Crippen LogP contribution in [0.25, 0.3) is 0 Å². The number of amides is 1. The number of nitrogens with one attached hydrogen (secondary N) is 1. The average Bonchev–Trinajstić information content (AvgIpc) is 3.32. The SMILES string of the molecule is CCCCCCCCCCCCCCCCC(=O)OCC/C=C\C/C=C\CCCCCCCCCCCCCCCCC(=O)NC(CO)C(O)CCCCCCCCCCCCCCCC. The summed E-state index contributed by atoms with van der Waals surface area (Å²) in [7, 11) is 0. The third-order valence-corrected chi connectivity index (χ3v) is 13.8. The van der Waals surface area contributed by atoms with E-state index in [1.54, 1.807) is 0 Å². The molecule has 0 fully saturated rings. The second kappa shape index (κ2) is 55.9. The molecule has 0 bridgehead atoms. The number of carbonyl (C=O) groups is 2. The Morgan fingerprint density at radius 2 is 0.758 bits per heavy atom. The van der Waals surface area contributed by atoms with Gasteiger partial charge >= 0.3 is 5.97 Å². The monoisotopic (exact) mass is 930 g/mol. The summed E-state index contributed by atoms with van der Waals surface area (Å²) in [6, 6.07) is -0.544. The van der Waals surface area contributed by atoms with E-state index in [0.717, 1.165) is 51.4 Å². The number of aliphatic hydroxyl groups excluding tert-OH is 2. The summed E-state index contributed by atoms with van der Waals surface area (Å²) in [5, 5.41) is 23.3. The van der Waals surface area contributed by atoms with Crippen LogP contribution in [0.4, 0.5) is 0 Å². The lowest BCUT2D eigenvalue weighted by Crippen LogP contribution is -2.45. The zero-order valence-corrected chi connectivity index (χ0v) is 44.4. The Morgan fingerprint density at radius 3 is 1.15 bits per heavy atom. The van der Waals surface area contributed by atoms with Crippen LogP contribution in [0.15, 0.2) is 24.3 Å². The molecule has 0 aromatic heterocycles. The largest absolute Gasteiger partial charge is 0.465 e. The zero-order chi connectivity index (χ0) is 47.9. The van der Waals surface area contributed by atoms with Gasteiger partial charge in [0.15, 0.2) is 0 Å². The van der Waals surface area contributed by atoms with Gasteiger partial charge in [-0.25, -0.2) is 0 Å². The molecule has 3 N–H and O–H groups in total. The number of esters is 1. The molecule has 0 radical (unpaired) electrons. The van der Waals surface area contributed by atoms with Crippen LogP contribution in [-0.4, -0.2) is 47.4 Å². The number of carbonyl (C=O) groups excluding carboxylic acids is 2. The minimum Gasteiger partial charge on any atom is -0.465 e. The summed E-state index contributed by atoms with van der Waals surface area (Å²) < 4.78 is 5.42. The first-order chi connectivity index (χ1) is 32.5. The molecule has 0 rings (SSSR count). The van der Waals surface area contributed by atoms with Gasteiger partial charge in [0.1, 0.15) is 0 Å². The third kappa shape index (κ3) is 51.7. The highest BCUT2D eigenvalue weighted by Gasteiger charge is 2.20. The molecule has 0 saturated heterocycles. The van der Waals surface area contributed by atoms with Gasteiger partial charge in [-0.3, -0.25) is 9.59 Å². The maximum absolute atomic E-state index is 12.5. The maximum Gasteiger partial charge on any atom is 0.305 e. The van der Waals surface area contributed by atoms with Crippen LogP contribution in [-0.2, 0) is 14.3 Å². The maximum atomic E-state index is 12.5. The van der Waals surface area contributed by atoms with Crippen molar-refractivity contribution in [2.45, 2.75) is 334 Å². The number of rotatable bonds is 55. The Bertz CT molecular complexity index is 1030. The molecule has 66 heavy (non-hydrogen) atoms. The molecule has 6 heteroatoms. The van der Waals surface area contributed by atoms with Crippen molar-refractivity contribution < 1.29 is 24.5 Å². The van der Waals surface area contributed by atoms with Gasteiger partial charge < -0.3 is 20.3 Å². The number of aliphatic hydroxyl groups is 2. The summed E-state index contributed by atoms with van der Waals surface area (Å²) in [6.07, 6.45) is 67.6. The quantitative estimate of drug-likeness (QED) is 0.0321. The van der Waals surface area contributed by atoms with Crippen molar-refractivity contribution in [3.8, 4) is 0 Å².